The van der Waals surface area contributed by atoms with Gasteiger partial charge in [-0.2, -0.15) is 0 Å². The van der Waals surface area contributed by atoms with E-state index in [4.69, 9.17) is 0 Å². The third-order valence-electron chi connectivity index (χ3n) is 1.78. The van der Waals surface area contributed by atoms with Crippen molar-refractivity contribution in [2.75, 3.05) is 0 Å². The molecule has 0 bridgehead atoms. The van der Waals surface area contributed by atoms with E-state index >= 15 is 0 Å². The van der Waals surface area contributed by atoms with Crippen LogP contribution in [0.15, 0.2) is 33.7 Å². The molecule has 2 aromatic rings. The highest BCUT2D eigenvalue weighted by molar-refractivity contribution is 9.13. The van der Waals surface area contributed by atoms with Gasteiger partial charge in [-0.3, -0.25) is 4.57 Å². The lowest BCUT2D eigenvalue weighted by atomic mass is 10.4. The molecule has 0 unspecified atom stereocenters. The molecule has 0 saturated heterocycles. The predicted molar refractivity (Wildman–Crippen MR) is 61.5 cm³/mol. The summed E-state index contributed by atoms with van der Waals surface area (Å²) in [6.45, 7) is 1.95. The van der Waals surface area contributed by atoms with E-state index in [9.17, 15) is 0 Å². The summed E-state index contributed by atoms with van der Waals surface area (Å²) in [6, 6.07) is 1.89. The Morgan fingerprint density at radius 3 is 2.71 bits per heavy atom. The number of aryl methyl sites for hydroxylation is 1. The first-order valence-electron chi connectivity index (χ1n) is 3.99. The molecule has 0 amide bonds. The van der Waals surface area contributed by atoms with Gasteiger partial charge in [0, 0.05) is 16.9 Å². The molecule has 0 aliphatic rings. The van der Waals surface area contributed by atoms with Gasteiger partial charge in [-0.05, 0) is 44.8 Å². The summed E-state index contributed by atoms with van der Waals surface area (Å²) in [4.78, 5) is 8.42. The molecule has 14 heavy (non-hydrogen) atoms. The van der Waals surface area contributed by atoms with Gasteiger partial charge in [0.05, 0.1) is 10.2 Å². The molecule has 0 aliphatic heterocycles. The zero-order valence-corrected chi connectivity index (χ0v) is 10.6. The van der Waals surface area contributed by atoms with Crippen LogP contribution < -0.4 is 0 Å². The van der Waals surface area contributed by atoms with Crippen LogP contribution in [0.25, 0.3) is 5.82 Å². The summed E-state index contributed by atoms with van der Waals surface area (Å²) in [5, 5.41) is 0. The Morgan fingerprint density at radius 2 is 2.07 bits per heavy atom. The average molecular weight is 317 g/mol. The fourth-order valence-corrected chi connectivity index (χ4v) is 1.86. The number of pyridine rings is 1. The summed E-state index contributed by atoms with van der Waals surface area (Å²) in [5.74, 6) is 0.833. The topological polar surface area (TPSA) is 30.7 Å². The summed E-state index contributed by atoms with van der Waals surface area (Å²) < 4.78 is 3.79. The van der Waals surface area contributed by atoms with E-state index in [0.717, 1.165) is 20.5 Å². The molecule has 0 aromatic carbocycles. The quantitative estimate of drug-likeness (QED) is 0.809. The van der Waals surface area contributed by atoms with Gasteiger partial charge in [0.15, 0.2) is 5.82 Å². The molecular weight excluding hydrogens is 310 g/mol. The van der Waals surface area contributed by atoms with E-state index in [0.29, 0.717) is 0 Å². The van der Waals surface area contributed by atoms with Gasteiger partial charge in [0.25, 0.3) is 0 Å². The number of hydrogen-bond donors (Lipinski definition) is 0. The Labute approximate surface area is 98.4 Å². The van der Waals surface area contributed by atoms with Crippen molar-refractivity contribution in [1.82, 2.24) is 14.5 Å². The molecule has 2 heterocycles. The molecule has 0 radical (unpaired) electrons. The molecule has 0 fully saturated rings. The Morgan fingerprint density at radius 1 is 1.29 bits per heavy atom. The lowest BCUT2D eigenvalue weighted by molar-refractivity contribution is 0.981. The van der Waals surface area contributed by atoms with Crippen molar-refractivity contribution in [1.29, 1.82) is 0 Å². The third-order valence-corrected chi connectivity index (χ3v) is 3.75. The van der Waals surface area contributed by atoms with Crippen molar-refractivity contribution in [2.45, 2.75) is 6.92 Å². The maximum atomic E-state index is 4.27. The van der Waals surface area contributed by atoms with Crippen LogP contribution in [0.5, 0.6) is 0 Å². The summed E-state index contributed by atoms with van der Waals surface area (Å²) in [6.07, 6.45) is 5.42. The van der Waals surface area contributed by atoms with E-state index in [2.05, 4.69) is 41.8 Å². The molecule has 2 rings (SSSR count). The second-order valence-electron chi connectivity index (χ2n) is 2.85. The Bertz CT molecular complexity index is 465. The van der Waals surface area contributed by atoms with E-state index in [1.165, 1.54) is 0 Å². The second kappa shape index (κ2) is 3.82. The van der Waals surface area contributed by atoms with Crippen LogP contribution in [-0.4, -0.2) is 14.5 Å². The monoisotopic (exact) mass is 315 g/mol. The van der Waals surface area contributed by atoms with Crippen LogP contribution in [0, 0.1) is 6.92 Å². The van der Waals surface area contributed by atoms with Crippen molar-refractivity contribution in [3.05, 3.63) is 39.4 Å². The number of nitrogens with zero attached hydrogens (tertiary/aromatic N) is 3. The molecule has 5 heteroatoms. The molecule has 2 aromatic heterocycles. The molecular formula is C9H7Br2N3. The zero-order valence-electron chi connectivity index (χ0n) is 7.41. The Balaban J connectivity index is 2.57. The first kappa shape index (κ1) is 9.86. The van der Waals surface area contributed by atoms with Gasteiger partial charge in [0.2, 0.25) is 0 Å². The largest absolute Gasteiger partial charge is 0.289 e. The molecule has 0 saturated carbocycles. The third kappa shape index (κ3) is 1.74. The fraction of sp³-hybridized carbons (Fsp3) is 0.111. The lowest BCUT2D eigenvalue weighted by Crippen LogP contribution is -1.95. The Kier molecular flexibility index (Phi) is 2.69. The molecule has 72 valence electrons. The minimum atomic E-state index is 0.833. The molecule has 3 nitrogen and oxygen atoms in total. The summed E-state index contributed by atoms with van der Waals surface area (Å²) in [5.41, 5.74) is 0.971. The second-order valence-corrected chi connectivity index (χ2v) is 4.50. The number of hydrogen-bond acceptors (Lipinski definition) is 2. The van der Waals surface area contributed by atoms with E-state index in [-0.39, 0.29) is 0 Å². The predicted octanol–water partition coefficient (Wildman–Crippen LogP) is 3.10. The van der Waals surface area contributed by atoms with Crippen molar-refractivity contribution >= 4 is 31.9 Å². The van der Waals surface area contributed by atoms with Gasteiger partial charge in [-0.25, -0.2) is 9.97 Å². The van der Waals surface area contributed by atoms with Crippen LogP contribution in [0.3, 0.4) is 0 Å². The van der Waals surface area contributed by atoms with Crippen molar-refractivity contribution in [3.8, 4) is 5.82 Å². The van der Waals surface area contributed by atoms with E-state index < -0.39 is 0 Å². The van der Waals surface area contributed by atoms with E-state index in [1.807, 2.05) is 23.8 Å². The SMILES string of the molecule is Cc1cn(-c2nccc(Br)c2Br)cn1. The molecule has 0 spiro atoms. The number of aromatic nitrogens is 3. The molecule has 0 atom stereocenters. The van der Waals surface area contributed by atoms with Gasteiger partial charge in [-0.15, -0.1) is 0 Å². The highest BCUT2D eigenvalue weighted by Gasteiger charge is 2.06. The van der Waals surface area contributed by atoms with Crippen LogP contribution in [0.1, 0.15) is 5.69 Å². The van der Waals surface area contributed by atoms with Crippen LogP contribution in [0.2, 0.25) is 0 Å². The minimum absolute atomic E-state index is 0.833. The molecule has 0 aliphatic carbocycles. The maximum Gasteiger partial charge on any atom is 0.153 e. The standard InChI is InChI=1S/C9H7Br2N3/c1-6-4-14(5-13-6)9-8(11)7(10)2-3-12-9/h2-5H,1H3. The van der Waals surface area contributed by atoms with Gasteiger partial charge >= 0.3 is 0 Å². The highest BCUT2D eigenvalue weighted by atomic mass is 79.9. The number of imidazole rings is 1. The van der Waals surface area contributed by atoms with Gasteiger partial charge in [0.1, 0.15) is 6.33 Å². The first-order valence-corrected chi connectivity index (χ1v) is 5.58. The van der Waals surface area contributed by atoms with Crippen molar-refractivity contribution in [3.63, 3.8) is 0 Å². The number of rotatable bonds is 1. The van der Waals surface area contributed by atoms with Crippen molar-refractivity contribution in [2.24, 2.45) is 0 Å². The summed E-state index contributed by atoms with van der Waals surface area (Å²) >= 11 is 6.90. The average Bonchev–Trinajstić information content (AvgIpc) is 2.57. The molecule has 0 N–H and O–H groups in total. The minimum Gasteiger partial charge on any atom is -0.289 e. The maximum absolute atomic E-state index is 4.27. The lowest BCUT2D eigenvalue weighted by Gasteiger charge is -2.04. The van der Waals surface area contributed by atoms with Crippen LogP contribution >= 0.6 is 31.9 Å². The summed E-state index contributed by atoms with van der Waals surface area (Å²) in [7, 11) is 0. The highest BCUT2D eigenvalue weighted by Crippen LogP contribution is 2.27. The van der Waals surface area contributed by atoms with Crippen LogP contribution in [-0.2, 0) is 0 Å². The van der Waals surface area contributed by atoms with Crippen LogP contribution in [0.4, 0.5) is 0 Å². The smallest absolute Gasteiger partial charge is 0.153 e. The van der Waals surface area contributed by atoms with Gasteiger partial charge in [-0.1, -0.05) is 0 Å². The number of halogens is 2. The Hall–Kier alpha value is -0.680. The van der Waals surface area contributed by atoms with Gasteiger partial charge < -0.3 is 0 Å². The zero-order chi connectivity index (χ0) is 10.1. The first-order chi connectivity index (χ1) is 6.68. The fourth-order valence-electron chi connectivity index (χ4n) is 1.13. The van der Waals surface area contributed by atoms with E-state index in [1.54, 1.807) is 12.5 Å². The van der Waals surface area contributed by atoms with Crippen molar-refractivity contribution < 1.29 is 0 Å². The normalized spacial score (nSPS) is 10.5.